The molecule has 1 aromatic carbocycles. The second kappa shape index (κ2) is 8.28. The number of rotatable bonds is 6. The molecule has 0 aliphatic rings. The summed E-state index contributed by atoms with van der Waals surface area (Å²) < 4.78 is 0. The summed E-state index contributed by atoms with van der Waals surface area (Å²) in [7, 11) is 1.73. The highest BCUT2D eigenvalue weighted by Crippen LogP contribution is 2.27. The Morgan fingerprint density at radius 1 is 1.10 bits per heavy atom. The van der Waals surface area contributed by atoms with Gasteiger partial charge < -0.3 is 0 Å². The van der Waals surface area contributed by atoms with Crippen LogP contribution >= 0.6 is 0 Å². The van der Waals surface area contributed by atoms with Gasteiger partial charge in [0.25, 0.3) is 0 Å². The number of Topliss-reactive ketones (excluding diaryl/α,β-unsaturated/α-hetero) is 1. The quantitative estimate of drug-likeness (QED) is 0.460. The first-order valence-corrected chi connectivity index (χ1v) is 9.67. The van der Waals surface area contributed by atoms with Crippen LogP contribution in [0.15, 0.2) is 49.1 Å². The zero-order valence-electron chi connectivity index (χ0n) is 17.1. The van der Waals surface area contributed by atoms with Crippen LogP contribution in [0.2, 0.25) is 0 Å². The maximum atomic E-state index is 12.6. The Labute approximate surface area is 174 Å². The van der Waals surface area contributed by atoms with E-state index in [1.807, 2.05) is 31.2 Å². The van der Waals surface area contributed by atoms with Crippen LogP contribution in [0.5, 0.6) is 0 Å². The maximum absolute atomic E-state index is 12.6. The molecule has 8 heteroatoms. The first-order valence-electron chi connectivity index (χ1n) is 9.67. The number of carbonyl (C=O) groups is 1. The molecule has 0 aliphatic heterocycles. The molecule has 0 spiro atoms. The average Bonchev–Trinajstić information content (AvgIpc) is 3.20. The van der Waals surface area contributed by atoms with Crippen molar-refractivity contribution in [3.05, 3.63) is 71.4 Å². The summed E-state index contributed by atoms with van der Waals surface area (Å²) in [4.78, 5) is 27.1. The number of tetrazole rings is 1. The van der Waals surface area contributed by atoms with Crippen molar-refractivity contribution < 1.29 is 4.79 Å². The fraction of sp³-hybridized carbons (Fsp3) is 0.227. The van der Waals surface area contributed by atoms with E-state index in [0.29, 0.717) is 17.1 Å². The molecule has 30 heavy (non-hydrogen) atoms. The Kier molecular flexibility index (Phi) is 5.38. The SMILES string of the molecule is CCc1ccc(-c2nnn(C)n2)cc1-c1cnc(CC(=O)c2cnccc2C)cn1. The number of hydrogen-bond acceptors (Lipinski definition) is 7. The van der Waals surface area contributed by atoms with Crippen LogP contribution in [0.3, 0.4) is 0 Å². The first-order chi connectivity index (χ1) is 14.5. The van der Waals surface area contributed by atoms with Crippen molar-refractivity contribution in [2.75, 3.05) is 0 Å². The molecule has 0 radical (unpaired) electrons. The minimum atomic E-state index is -0.0207. The van der Waals surface area contributed by atoms with Gasteiger partial charge in [0.1, 0.15) is 0 Å². The predicted octanol–water partition coefficient (Wildman–Crippen LogP) is 3.03. The fourth-order valence-corrected chi connectivity index (χ4v) is 3.26. The second-order valence-corrected chi connectivity index (χ2v) is 7.01. The number of aromatic nitrogens is 7. The molecular formula is C22H21N7O. The molecule has 150 valence electrons. The zero-order valence-corrected chi connectivity index (χ0v) is 17.1. The van der Waals surface area contributed by atoms with Crippen LogP contribution in [0.25, 0.3) is 22.6 Å². The highest BCUT2D eigenvalue weighted by molar-refractivity contribution is 5.98. The maximum Gasteiger partial charge on any atom is 0.204 e. The third kappa shape index (κ3) is 3.98. The second-order valence-electron chi connectivity index (χ2n) is 7.01. The summed E-state index contributed by atoms with van der Waals surface area (Å²) in [6, 6.07) is 7.86. The van der Waals surface area contributed by atoms with E-state index in [4.69, 9.17) is 0 Å². The number of nitrogens with zero attached hydrogens (tertiary/aromatic N) is 7. The third-order valence-corrected chi connectivity index (χ3v) is 4.92. The monoisotopic (exact) mass is 399 g/mol. The minimum absolute atomic E-state index is 0.0207. The molecule has 0 amide bonds. The number of hydrogen-bond donors (Lipinski definition) is 0. The number of aryl methyl sites for hydroxylation is 3. The summed E-state index contributed by atoms with van der Waals surface area (Å²) in [5.41, 5.74) is 5.86. The average molecular weight is 399 g/mol. The molecule has 8 nitrogen and oxygen atoms in total. The van der Waals surface area contributed by atoms with Gasteiger partial charge in [-0.15, -0.1) is 10.2 Å². The van der Waals surface area contributed by atoms with Crippen molar-refractivity contribution in [3.8, 4) is 22.6 Å². The molecule has 0 saturated heterocycles. The Bertz CT molecular complexity index is 1200. The Morgan fingerprint density at radius 2 is 1.97 bits per heavy atom. The smallest absolute Gasteiger partial charge is 0.204 e. The Balaban J connectivity index is 1.60. The predicted molar refractivity (Wildman–Crippen MR) is 112 cm³/mol. The van der Waals surface area contributed by atoms with Crippen LogP contribution in [0, 0.1) is 6.92 Å². The van der Waals surface area contributed by atoms with E-state index < -0.39 is 0 Å². The van der Waals surface area contributed by atoms with Gasteiger partial charge in [0.15, 0.2) is 5.78 Å². The van der Waals surface area contributed by atoms with E-state index in [-0.39, 0.29) is 12.2 Å². The van der Waals surface area contributed by atoms with Gasteiger partial charge in [-0.2, -0.15) is 4.80 Å². The standard InChI is InChI=1S/C22H21N7O/c1-4-15-5-6-16(22-26-28-29(3)27-22)9-18(15)20-13-24-17(11-25-20)10-21(30)19-12-23-8-7-14(19)2/h5-9,11-13H,4,10H2,1-3H3. The molecule has 0 unspecified atom stereocenters. The Hall–Kier alpha value is -3.81. The lowest BCUT2D eigenvalue weighted by atomic mass is 9.99. The summed E-state index contributed by atoms with van der Waals surface area (Å²) in [6.45, 7) is 3.99. The first kappa shape index (κ1) is 19.5. The highest BCUT2D eigenvalue weighted by atomic mass is 16.1. The van der Waals surface area contributed by atoms with E-state index in [2.05, 4.69) is 37.3 Å². The van der Waals surface area contributed by atoms with Crippen LogP contribution < -0.4 is 0 Å². The van der Waals surface area contributed by atoms with Gasteiger partial charge in [-0.1, -0.05) is 19.1 Å². The molecule has 0 saturated carbocycles. The molecule has 0 atom stereocenters. The topological polar surface area (TPSA) is 99.3 Å². The van der Waals surface area contributed by atoms with Crippen molar-refractivity contribution in [1.82, 2.24) is 35.2 Å². The van der Waals surface area contributed by atoms with Gasteiger partial charge in [0.05, 0.1) is 31.1 Å². The van der Waals surface area contributed by atoms with Crippen molar-refractivity contribution in [1.29, 1.82) is 0 Å². The molecule has 4 aromatic rings. The van der Waals surface area contributed by atoms with Crippen LogP contribution in [0.1, 0.15) is 34.1 Å². The molecule has 0 aliphatic carbocycles. The normalized spacial score (nSPS) is 10.9. The Morgan fingerprint density at radius 3 is 2.63 bits per heavy atom. The highest BCUT2D eigenvalue weighted by Gasteiger charge is 2.14. The fourth-order valence-electron chi connectivity index (χ4n) is 3.26. The van der Waals surface area contributed by atoms with E-state index in [0.717, 1.165) is 34.4 Å². The van der Waals surface area contributed by atoms with Gasteiger partial charge in [0, 0.05) is 35.3 Å². The van der Waals surface area contributed by atoms with Crippen molar-refractivity contribution in [3.63, 3.8) is 0 Å². The molecule has 4 rings (SSSR count). The molecule has 0 bridgehead atoms. The molecule has 3 heterocycles. The number of ketones is 1. The summed E-state index contributed by atoms with van der Waals surface area (Å²) in [5, 5.41) is 12.3. The van der Waals surface area contributed by atoms with Crippen LogP contribution in [0.4, 0.5) is 0 Å². The molecule has 3 aromatic heterocycles. The van der Waals surface area contributed by atoms with E-state index in [9.17, 15) is 4.79 Å². The summed E-state index contributed by atoms with van der Waals surface area (Å²) >= 11 is 0. The van der Waals surface area contributed by atoms with Crippen molar-refractivity contribution >= 4 is 5.78 Å². The summed E-state index contributed by atoms with van der Waals surface area (Å²) in [6.07, 6.45) is 7.68. The summed E-state index contributed by atoms with van der Waals surface area (Å²) in [5.74, 6) is 0.538. The molecule has 0 N–H and O–H groups in total. The van der Waals surface area contributed by atoms with Crippen LogP contribution in [-0.2, 0) is 19.9 Å². The van der Waals surface area contributed by atoms with Gasteiger partial charge in [-0.05, 0) is 41.8 Å². The largest absolute Gasteiger partial charge is 0.294 e. The minimum Gasteiger partial charge on any atom is -0.294 e. The van der Waals surface area contributed by atoms with E-state index >= 15 is 0 Å². The van der Waals surface area contributed by atoms with Gasteiger partial charge in [-0.25, -0.2) is 0 Å². The zero-order chi connectivity index (χ0) is 21.1. The van der Waals surface area contributed by atoms with Crippen LogP contribution in [-0.4, -0.2) is 40.9 Å². The van der Waals surface area contributed by atoms with Crippen molar-refractivity contribution in [2.24, 2.45) is 7.05 Å². The number of carbonyl (C=O) groups excluding carboxylic acids is 1. The van der Waals surface area contributed by atoms with Gasteiger partial charge in [-0.3, -0.25) is 19.7 Å². The lowest BCUT2D eigenvalue weighted by molar-refractivity contribution is 0.0991. The number of benzene rings is 1. The lowest BCUT2D eigenvalue weighted by Gasteiger charge is -2.09. The van der Waals surface area contributed by atoms with Crippen molar-refractivity contribution in [2.45, 2.75) is 26.7 Å². The lowest BCUT2D eigenvalue weighted by Crippen LogP contribution is -2.08. The number of pyridine rings is 1. The third-order valence-electron chi connectivity index (χ3n) is 4.92. The molecular weight excluding hydrogens is 378 g/mol. The van der Waals surface area contributed by atoms with E-state index in [1.54, 1.807) is 31.8 Å². The van der Waals surface area contributed by atoms with E-state index in [1.165, 1.54) is 4.80 Å². The molecule has 0 fully saturated rings. The van der Waals surface area contributed by atoms with Gasteiger partial charge >= 0.3 is 0 Å². The van der Waals surface area contributed by atoms with Gasteiger partial charge in [0.2, 0.25) is 5.82 Å².